The zero-order chi connectivity index (χ0) is 25.5. The first kappa shape index (κ1) is 25.3. The van der Waals surface area contributed by atoms with E-state index in [1.807, 2.05) is 30.5 Å². The average Bonchev–Trinajstić information content (AvgIpc) is 3.28. The molecule has 0 aliphatic heterocycles. The predicted octanol–water partition coefficient (Wildman–Crippen LogP) is 5.41. The highest BCUT2D eigenvalue weighted by Crippen LogP contribution is 2.22. The number of H-pyrrole nitrogens is 1. The minimum absolute atomic E-state index is 0.184. The van der Waals surface area contributed by atoms with E-state index in [0.29, 0.717) is 33.3 Å². The Hall–Kier alpha value is -3.78. The van der Waals surface area contributed by atoms with Gasteiger partial charge in [-0.1, -0.05) is 53.5 Å². The SMILES string of the molecule is O=C(/C=C/c1cccc(OC[C@H](Cc2c[nH]c3ccccc23)NC(=O)c2cc(Cl)cc(Cl)c2)c1)NO. The van der Waals surface area contributed by atoms with Gasteiger partial charge < -0.3 is 15.0 Å². The molecule has 0 aliphatic carbocycles. The van der Waals surface area contributed by atoms with E-state index >= 15 is 0 Å². The van der Waals surface area contributed by atoms with E-state index in [1.165, 1.54) is 6.08 Å². The number of benzene rings is 3. The molecule has 184 valence electrons. The summed E-state index contributed by atoms with van der Waals surface area (Å²) in [5.74, 6) is -0.394. The standard InChI is InChI=1S/C27H23Cl2N3O4/c28-20-11-18(12-21(29)14-20)27(34)31-22(13-19-15-30-25-7-2-1-6-24(19)25)16-36-23-5-3-4-17(10-23)8-9-26(33)32-35/h1-12,14-15,22,30,35H,13,16H2,(H,31,34)(H,32,33)/b9-8+/t22-/m0/s1. The molecule has 7 nitrogen and oxygen atoms in total. The van der Waals surface area contributed by atoms with E-state index in [-0.39, 0.29) is 18.6 Å². The molecule has 4 N–H and O–H groups in total. The van der Waals surface area contributed by atoms with Gasteiger partial charge >= 0.3 is 0 Å². The highest BCUT2D eigenvalue weighted by atomic mass is 35.5. The lowest BCUT2D eigenvalue weighted by atomic mass is 10.0. The minimum atomic E-state index is -0.635. The topological polar surface area (TPSA) is 103 Å². The molecule has 3 aromatic carbocycles. The zero-order valence-corrected chi connectivity index (χ0v) is 20.5. The molecule has 0 fully saturated rings. The molecule has 0 aliphatic rings. The molecule has 2 amide bonds. The first-order valence-electron chi connectivity index (χ1n) is 11.1. The predicted molar refractivity (Wildman–Crippen MR) is 141 cm³/mol. The highest BCUT2D eigenvalue weighted by molar-refractivity contribution is 6.35. The first-order chi connectivity index (χ1) is 17.4. The van der Waals surface area contributed by atoms with E-state index in [2.05, 4.69) is 10.3 Å². The number of aromatic amines is 1. The van der Waals surface area contributed by atoms with Crippen molar-refractivity contribution in [1.29, 1.82) is 0 Å². The van der Waals surface area contributed by atoms with Crippen LogP contribution in [0, 0.1) is 0 Å². The number of hydroxylamine groups is 1. The summed E-state index contributed by atoms with van der Waals surface area (Å²) in [6, 6.07) is 19.4. The van der Waals surface area contributed by atoms with Crippen LogP contribution in [0.1, 0.15) is 21.5 Å². The second-order valence-electron chi connectivity index (χ2n) is 8.09. The van der Waals surface area contributed by atoms with Crippen molar-refractivity contribution in [3.63, 3.8) is 0 Å². The quantitative estimate of drug-likeness (QED) is 0.134. The third-order valence-electron chi connectivity index (χ3n) is 5.45. The van der Waals surface area contributed by atoms with Gasteiger partial charge in [-0.3, -0.25) is 14.8 Å². The van der Waals surface area contributed by atoms with Gasteiger partial charge in [-0.05, 0) is 60.0 Å². The van der Waals surface area contributed by atoms with E-state index < -0.39 is 5.91 Å². The molecule has 9 heteroatoms. The van der Waals surface area contributed by atoms with Crippen LogP contribution >= 0.6 is 23.2 Å². The third kappa shape index (κ3) is 6.66. The summed E-state index contributed by atoms with van der Waals surface area (Å²) in [6.07, 6.45) is 5.19. The fourth-order valence-corrected chi connectivity index (χ4v) is 4.31. The molecule has 0 saturated heterocycles. The van der Waals surface area contributed by atoms with Crippen molar-refractivity contribution in [1.82, 2.24) is 15.8 Å². The number of hydrogen-bond acceptors (Lipinski definition) is 4. The van der Waals surface area contributed by atoms with Gasteiger partial charge in [0.05, 0.1) is 6.04 Å². The second kappa shape index (κ2) is 11.8. The number of carbonyl (C=O) groups is 2. The maximum absolute atomic E-state index is 13.0. The Balaban J connectivity index is 1.53. The number of rotatable bonds is 9. The normalized spacial score (nSPS) is 12.0. The number of para-hydroxylation sites is 1. The molecular weight excluding hydrogens is 501 g/mol. The Morgan fingerprint density at radius 3 is 2.58 bits per heavy atom. The Labute approximate surface area is 217 Å². The molecule has 0 radical (unpaired) electrons. The Bertz CT molecular complexity index is 1400. The Morgan fingerprint density at radius 1 is 1.03 bits per heavy atom. The second-order valence-corrected chi connectivity index (χ2v) is 8.96. The highest BCUT2D eigenvalue weighted by Gasteiger charge is 2.18. The molecule has 0 bridgehead atoms. The Kier molecular flexibility index (Phi) is 8.28. The van der Waals surface area contributed by atoms with Gasteiger partial charge in [0.2, 0.25) is 0 Å². The van der Waals surface area contributed by atoms with Crippen LogP contribution in [0.15, 0.2) is 79.0 Å². The van der Waals surface area contributed by atoms with Gasteiger partial charge in [-0.2, -0.15) is 0 Å². The van der Waals surface area contributed by atoms with E-state index in [1.54, 1.807) is 54.0 Å². The number of ether oxygens (including phenoxy) is 1. The number of halogens is 2. The monoisotopic (exact) mass is 523 g/mol. The maximum atomic E-state index is 13.0. The van der Waals surface area contributed by atoms with Crippen LogP contribution in [0.5, 0.6) is 5.75 Å². The number of carbonyl (C=O) groups excluding carboxylic acids is 2. The van der Waals surface area contributed by atoms with Crippen molar-refractivity contribution in [2.75, 3.05) is 6.61 Å². The maximum Gasteiger partial charge on any atom is 0.267 e. The van der Waals surface area contributed by atoms with Crippen molar-refractivity contribution in [2.24, 2.45) is 0 Å². The lowest BCUT2D eigenvalue weighted by Crippen LogP contribution is -2.40. The Morgan fingerprint density at radius 2 is 1.81 bits per heavy atom. The molecule has 0 saturated carbocycles. The van der Waals surface area contributed by atoms with Crippen molar-refractivity contribution in [3.05, 3.63) is 106 Å². The van der Waals surface area contributed by atoms with Crippen molar-refractivity contribution in [2.45, 2.75) is 12.5 Å². The fourth-order valence-electron chi connectivity index (χ4n) is 3.79. The number of fused-ring (bicyclic) bond motifs is 1. The van der Waals surface area contributed by atoms with Gasteiger partial charge in [0, 0.05) is 38.8 Å². The van der Waals surface area contributed by atoms with Crippen LogP contribution in [-0.2, 0) is 11.2 Å². The van der Waals surface area contributed by atoms with Crippen molar-refractivity contribution in [3.8, 4) is 5.75 Å². The number of amides is 2. The molecule has 4 aromatic rings. The summed E-state index contributed by atoms with van der Waals surface area (Å²) in [7, 11) is 0. The van der Waals surface area contributed by atoms with Crippen LogP contribution in [-0.4, -0.2) is 34.7 Å². The molecule has 0 spiro atoms. The number of aromatic nitrogens is 1. The van der Waals surface area contributed by atoms with Crippen molar-refractivity contribution < 1.29 is 19.5 Å². The zero-order valence-electron chi connectivity index (χ0n) is 19.0. The molecule has 1 heterocycles. The average molecular weight is 524 g/mol. The van der Waals surface area contributed by atoms with Gasteiger partial charge in [0.1, 0.15) is 12.4 Å². The molecule has 1 aromatic heterocycles. The minimum Gasteiger partial charge on any atom is -0.491 e. The molecule has 0 unspecified atom stereocenters. The number of nitrogens with one attached hydrogen (secondary N) is 3. The van der Waals surface area contributed by atoms with Gasteiger partial charge in [0.25, 0.3) is 11.8 Å². The van der Waals surface area contributed by atoms with Crippen LogP contribution in [0.3, 0.4) is 0 Å². The summed E-state index contributed by atoms with van der Waals surface area (Å²) in [5, 5.41) is 13.5. The van der Waals surface area contributed by atoms with Crippen LogP contribution < -0.4 is 15.5 Å². The lowest BCUT2D eigenvalue weighted by molar-refractivity contribution is -0.124. The van der Waals surface area contributed by atoms with Crippen LogP contribution in [0.4, 0.5) is 0 Å². The summed E-state index contributed by atoms with van der Waals surface area (Å²) in [6.45, 7) is 0.184. The van der Waals surface area contributed by atoms with Gasteiger partial charge in [-0.25, -0.2) is 5.48 Å². The van der Waals surface area contributed by atoms with Crippen molar-refractivity contribution >= 4 is 52.0 Å². The van der Waals surface area contributed by atoms with E-state index in [9.17, 15) is 9.59 Å². The van der Waals surface area contributed by atoms with Crippen LogP contribution in [0.25, 0.3) is 17.0 Å². The largest absolute Gasteiger partial charge is 0.491 e. The molecule has 1 atom stereocenters. The van der Waals surface area contributed by atoms with Crippen LogP contribution in [0.2, 0.25) is 10.0 Å². The first-order valence-corrected chi connectivity index (χ1v) is 11.8. The third-order valence-corrected chi connectivity index (χ3v) is 5.88. The summed E-state index contributed by atoms with van der Waals surface area (Å²) in [5.41, 5.74) is 4.65. The molecule has 4 rings (SSSR count). The smallest absolute Gasteiger partial charge is 0.267 e. The number of hydrogen-bond donors (Lipinski definition) is 4. The lowest BCUT2D eigenvalue weighted by Gasteiger charge is -2.20. The van der Waals surface area contributed by atoms with Gasteiger partial charge in [-0.15, -0.1) is 0 Å². The van der Waals surface area contributed by atoms with E-state index in [4.69, 9.17) is 33.1 Å². The molecular formula is C27H23Cl2N3O4. The van der Waals surface area contributed by atoms with Gasteiger partial charge in [0.15, 0.2) is 0 Å². The summed E-state index contributed by atoms with van der Waals surface area (Å²) < 4.78 is 6.03. The summed E-state index contributed by atoms with van der Waals surface area (Å²) >= 11 is 12.2. The van der Waals surface area contributed by atoms with E-state index in [0.717, 1.165) is 16.5 Å². The molecule has 36 heavy (non-hydrogen) atoms. The summed E-state index contributed by atoms with van der Waals surface area (Å²) in [4.78, 5) is 27.5. The fraction of sp³-hybridized carbons (Fsp3) is 0.111.